The van der Waals surface area contributed by atoms with Crippen molar-refractivity contribution in [1.82, 2.24) is 0 Å². The molecule has 3 aliphatic heterocycles. The number of ether oxygens (including phenoxy) is 6. The Bertz CT molecular complexity index is 1720. The van der Waals surface area contributed by atoms with Crippen LogP contribution in [0.2, 0.25) is 0 Å². The molecule has 3 heterocycles. The molecule has 0 amide bonds. The molecule has 0 spiro atoms. The summed E-state index contributed by atoms with van der Waals surface area (Å²) in [6.45, 7) is 16.0. The Morgan fingerprint density at radius 3 is 2.00 bits per heavy atom. The molecule has 17 nitrogen and oxygen atoms in total. The molecule has 0 radical (unpaired) electrons. The van der Waals surface area contributed by atoms with E-state index in [0.717, 1.165) is 50.5 Å². The van der Waals surface area contributed by atoms with Crippen LogP contribution in [0.15, 0.2) is 12.2 Å². The molecular formula is C47H76O17. The minimum atomic E-state index is -1.77. The van der Waals surface area contributed by atoms with Crippen molar-refractivity contribution in [3.63, 3.8) is 0 Å². The highest BCUT2D eigenvalue weighted by Gasteiger charge is 2.72. The van der Waals surface area contributed by atoms with Gasteiger partial charge in [-0.3, -0.25) is 4.79 Å². The second kappa shape index (κ2) is 17.5. The molecule has 5 saturated carbocycles. The molecule has 0 aromatic heterocycles. The van der Waals surface area contributed by atoms with Crippen molar-refractivity contribution in [3.8, 4) is 0 Å². The van der Waals surface area contributed by atoms with E-state index in [0.29, 0.717) is 25.2 Å². The van der Waals surface area contributed by atoms with Gasteiger partial charge >= 0.3 is 5.97 Å². The summed E-state index contributed by atoms with van der Waals surface area (Å²) < 4.78 is 36.6. The van der Waals surface area contributed by atoms with Crippen LogP contribution in [0.1, 0.15) is 106 Å². The highest BCUT2D eigenvalue weighted by atomic mass is 16.8. The van der Waals surface area contributed by atoms with Crippen molar-refractivity contribution in [2.24, 2.45) is 56.7 Å². The number of aliphatic hydroxyl groups is 9. The van der Waals surface area contributed by atoms with Gasteiger partial charge in [0.05, 0.1) is 37.4 Å². The lowest BCUT2D eigenvalue weighted by Crippen LogP contribution is -2.68. The van der Waals surface area contributed by atoms with E-state index in [9.17, 15) is 55.9 Å². The molecule has 8 rings (SSSR count). The first-order valence-corrected chi connectivity index (χ1v) is 23.8. The quantitative estimate of drug-likeness (QED) is 0.109. The largest absolute Gasteiger partial charge is 0.481 e. The number of rotatable bonds is 10. The van der Waals surface area contributed by atoms with Gasteiger partial charge < -0.3 is 79.5 Å². The van der Waals surface area contributed by atoms with Gasteiger partial charge in [0.15, 0.2) is 18.9 Å². The summed E-state index contributed by atoms with van der Waals surface area (Å²) in [6, 6.07) is 0. The SMILES string of the molecule is C=C(C)[C@H]1CC[C@@]2(C(=O)O)CC[C@@]3(C)[C@@H](CC[C@H]4[C@]5(C)CC[C@@H](O[C@H]6OC[C@@H](O[C@H]7O[C@@H](CO)[C@H](O)[C@@H](O)[C@@H]7O)[C@H](O)[C@@H]6O[C@H]6O[C@H](C)[C@@H](O)[C@H](O)[C@@H]6O)[C@](C)(CO)[C@H]5CC[C@@]43C)[C@H]12. The zero-order valence-corrected chi connectivity index (χ0v) is 38.3. The van der Waals surface area contributed by atoms with Crippen LogP contribution in [0.4, 0.5) is 0 Å². The highest BCUT2D eigenvalue weighted by Crippen LogP contribution is 2.77. The van der Waals surface area contributed by atoms with Crippen molar-refractivity contribution in [1.29, 1.82) is 0 Å². The molecule has 5 aliphatic carbocycles. The third-order valence-corrected chi connectivity index (χ3v) is 19.5. The van der Waals surface area contributed by atoms with Crippen LogP contribution in [0, 0.1) is 56.7 Å². The van der Waals surface area contributed by atoms with Gasteiger partial charge in [-0.05, 0) is 124 Å². The van der Waals surface area contributed by atoms with Crippen LogP contribution in [0.3, 0.4) is 0 Å². The molecule has 0 bridgehead atoms. The molecule has 64 heavy (non-hydrogen) atoms. The summed E-state index contributed by atoms with van der Waals surface area (Å²) in [5.41, 5.74) is -0.808. The maximum atomic E-state index is 13.1. The fourth-order valence-electron chi connectivity index (χ4n) is 15.7. The molecule has 3 saturated heterocycles. The summed E-state index contributed by atoms with van der Waals surface area (Å²) in [5.74, 6) is 0.147. The van der Waals surface area contributed by atoms with E-state index in [1.165, 1.54) is 6.92 Å². The smallest absolute Gasteiger partial charge is 0.309 e. The standard InChI is InChI=1S/C47H76O17/c1-21(2)23-10-15-47(42(57)58)17-16-45(6)24(30(23)47)8-9-28-43(4)13-12-29(44(5,20-49)27(43)11-14-46(28,45)7)63-41-38(64-39-36(55)34(53)31(50)22(3)60-39)33(52)26(19-59-41)62-40-37(56)35(54)32(51)25(18-48)61-40/h22-41,48-56H,1,8-20H2,2-7H3,(H,57,58)/t22-,23-,24+,25+,26-,27+,28+,29-,30+,31-,32+,33+,34+,35-,36+,37+,38+,39-,40-,41-,43-,44-,45+,46+,47-/m1/s1. The first-order valence-electron chi connectivity index (χ1n) is 23.8. The Morgan fingerprint density at radius 2 is 1.36 bits per heavy atom. The van der Waals surface area contributed by atoms with Gasteiger partial charge in [0, 0.05) is 5.41 Å². The maximum absolute atomic E-state index is 13.1. The Labute approximate surface area is 376 Å². The van der Waals surface area contributed by atoms with Gasteiger partial charge in [0.1, 0.15) is 61.0 Å². The number of hydrogen-bond donors (Lipinski definition) is 10. The lowest BCUT2D eigenvalue weighted by molar-refractivity contribution is -0.382. The first-order chi connectivity index (χ1) is 30.0. The lowest BCUT2D eigenvalue weighted by Gasteiger charge is -2.73. The van der Waals surface area contributed by atoms with Gasteiger partial charge in [-0.15, -0.1) is 0 Å². The van der Waals surface area contributed by atoms with E-state index >= 15 is 0 Å². The van der Waals surface area contributed by atoms with Gasteiger partial charge in [-0.2, -0.15) is 0 Å². The number of aliphatic hydroxyl groups excluding tert-OH is 9. The molecule has 8 fully saturated rings. The van der Waals surface area contributed by atoms with Gasteiger partial charge in [0.2, 0.25) is 0 Å². The van der Waals surface area contributed by atoms with E-state index in [1.54, 1.807) is 0 Å². The van der Waals surface area contributed by atoms with Crippen molar-refractivity contribution in [3.05, 3.63) is 12.2 Å². The number of hydrogen-bond acceptors (Lipinski definition) is 16. The zero-order valence-electron chi connectivity index (χ0n) is 38.3. The molecule has 0 aromatic carbocycles. The van der Waals surface area contributed by atoms with Gasteiger partial charge in [-0.1, -0.05) is 39.8 Å². The maximum Gasteiger partial charge on any atom is 0.309 e. The minimum absolute atomic E-state index is 0.00876. The highest BCUT2D eigenvalue weighted by molar-refractivity contribution is 5.76. The van der Waals surface area contributed by atoms with E-state index in [-0.39, 0.29) is 53.1 Å². The zero-order chi connectivity index (χ0) is 46.6. The third-order valence-electron chi connectivity index (χ3n) is 19.5. The predicted molar refractivity (Wildman–Crippen MR) is 225 cm³/mol. The molecule has 25 atom stereocenters. The number of allylic oxidation sites excluding steroid dienone is 1. The fraction of sp³-hybridized carbons (Fsp3) is 0.936. The Hall–Kier alpha value is -1.39. The Kier molecular flexibility index (Phi) is 13.4. The molecule has 8 aliphatic rings. The molecule has 0 unspecified atom stereocenters. The van der Waals surface area contributed by atoms with Crippen LogP contribution < -0.4 is 0 Å². The normalized spacial score (nSPS) is 56.3. The number of carboxylic acids is 1. The first kappa shape index (κ1) is 49.0. The summed E-state index contributed by atoms with van der Waals surface area (Å²) >= 11 is 0. The van der Waals surface area contributed by atoms with E-state index in [2.05, 4.69) is 34.3 Å². The summed E-state index contributed by atoms with van der Waals surface area (Å²) in [4.78, 5) is 13.1. The second-order valence-corrected chi connectivity index (χ2v) is 22.3. The molecule has 17 heteroatoms. The molecule has 0 aromatic rings. The third kappa shape index (κ3) is 7.31. The van der Waals surface area contributed by atoms with Crippen LogP contribution in [0.25, 0.3) is 0 Å². The van der Waals surface area contributed by atoms with E-state index in [1.807, 2.05) is 6.92 Å². The predicted octanol–water partition coefficient (Wildman–Crippen LogP) is 1.20. The van der Waals surface area contributed by atoms with Crippen LogP contribution >= 0.6 is 0 Å². The summed E-state index contributed by atoms with van der Waals surface area (Å²) in [7, 11) is 0. The monoisotopic (exact) mass is 913 g/mol. The van der Waals surface area contributed by atoms with Crippen LogP contribution in [-0.2, 0) is 33.2 Å². The number of carbonyl (C=O) groups is 1. The summed E-state index contributed by atoms with van der Waals surface area (Å²) in [6.07, 6.45) is -13.8. The van der Waals surface area contributed by atoms with E-state index < -0.39 is 116 Å². The van der Waals surface area contributed by atoms with Crippen LogP contribution in [-0.4, -0.2) is 169 Å². The molecule has 10 N–H and O–H groups in total. The van der Waals surface area contributed by atoms with Crippen molar-refractivity contribution in [2.45, 2.75) is 198 Å². The number of fused-ring (bicyclic) bond motifs is 7. The topological polar surface area (TPSA) is 275 Å². The Balaban J connectivity index is 1.04. The van der Waals surface area contributed by atoms with Gasteiger partial charge in [-0.25, -0.2) is 0 Å². The molecular weight excluding hydrogens is 836 g/mol. The number of carboxylic acid groups (broad SMARTS) is 1. The van der Waals surface area contributed by atoms with Gasteiger partial charge in [0.25, 0.3) is 0 Å². The van der Waals surface area contributed by atoms with E-state index in [4.69, 9.17) is 28.4 Å². The fourth-order valence-corrected chi connectivity index (χ4v) is 15.7. The van der Waals surface area contributed by atoms with Crippen molar-refractivity contribution in [2.75, 3.05) is 19.8 Å². The average Bonchev–Trinajstić information content (AvgIpc) is 3.67. The van der Waals surface area contributed by atoms with Crippen molar-refractivity contribution < 1.29 is 84.3 Å². The van der Waals surface area contributed by atoms with Crippen LogP contribution in [0.5, 0.6) is 0 Å². The molecule has 366 valence electrons. The lowest BCUT2D eigenvalue weighted by atomic mass is 9.32. The average molecular weight is 913 g/mol. The minimum Gasteiger partial charge on any atom is -0.481 e. The number of aliphatic carboxylic acids is 1. The summed E-state index contributed by atoms with van der Waals surface area (Å²) in [5, 5.41) is 108. The second-order valence-electron chi connectivity index (χ2n) is 22.3. The Morgan fingerprint density at radius 1 is 0.688 bits per heavy atom. The van der Waals surface area contributed by atoms with Crippen molar-refractivity contribution >= 4 is 5.97 Å².